The highest BCUT2D eigenvalue weighted by atomic mass is 32.2. The van der Waals surface area contributed by atoms with Crippen LogP contribution >= 0.6 is 11.8 Å². The second-order valence-electron chi connectivity index (χ2n) is 7.19. The number of methoxy groups -OCH3 is 1. The quantitative estimate of drug-likeness (QED) is 0.294. The van der Waals surface area contributed by atoms with Gasteiger partial charge in [0.15, 0.2) is 5.96 Å². The number of carbonyl (C=O) groups excluding carboxylic acids is 1. The molecule has 2 N–H and O–H groups in total. The molecular formula is C23H30N4O2S. The van der Waals surface area contributed by atoms with Crippen molar-refractivity contribution in [2.75, 3.05) is 46.1 Å². The van der Waals surface area contributed by atoms with E-state index in [1.807, 2.05) is 30.9 Å². The summed E-state index contributed by atoms with van der Waals surface area (Å²) < 4.78 is 5.17. The SMILES string of the molecule is CN=C(NCCNC(=O)c1cccc(OC)c1)N1CCC(CSc2ccccc2)C1. The fourth-order valence-corrected chi connectivity index (χ4v) is 4.49. The number of hydrogen-bond donors (Lipinski definition) is 2. The molecule has 1 fully saturated rings. The molecule has 1 atom stereocenters. The van der Waals surface area contributed by atoms with Gasteiger partial charge in [0.05, 0.1) is 7.11 Å². The van der Waals surface area contributed by atoms with Crippen LogP contribution in [0.3, 0.4) is 0 Å². The number of aliphatic imine (C=N–C) groups is 1. The highest BCUT2D eigenvalue weighted by molar-refractivity contribution is 7.99. The summed E-state index contributed by atoms with van der Waals surface area (Å²) in [6.45, 7) is 3.17. The first-order chi connectivity index (χ1) is 14.7. The van der Waals surface area contributed by atoms with E-state index in [2.05, 4.69) is 50.9 Å². The Morgan fingerprint density at radius 3 is 2.73 bits per heavy atom. The summed E-state index contributed by atoms with van der Waals surface area (Å²) in [5, 5.41) is 6.30. The number of likely N-dealkylation sites (tertiary alicyclic amines) is 1. The van der Waals surface area contributed by atoms with Gasteiger partial charge >= 0.3 is 0 Å². The first-order valence-corrected chi connectivity index (χ1v) is 11.2. The molecule has 3 rings (SSSR count). The second-order valence-corrected chi connectivity index (χ2v) is 8.28. The molecule has 0 spiro atoms. The van der Waals surface area contributed by atoms with Crippen LogP contribution in [0.15, 0.2) is 64.5 Å². The lowest BCUT2D eigenvalue weighted by atomic mass is 10.2. The van der Waals surface area contributed by atoms with Gasteiger partial charge in [-0.1, -0.05) is 24.3 Å². The summed E-state index contributed by atoms with van der Waals surface area (Å²) >= 11 is 1.92. The van der Waals surface area contributed by atoms with Crippen molar-refractivity contribution in [2.24, 2.45) is 10.9 Å². The Morgan fingerprint density at radius 2 is 1.97 bits per heavy atom. The van der Waals surface area contributed by atoms with Gasteiger partial charge in [-0.15, -0.1) is 11.8 Å². The number of thioether (sulfide) groups is 1. The van der Waals surface area contributed by atoms with Gasteiger partial charge < -0.3 is 20.3 Å². The molecule has 0 aromatic heterocycles. The summed E-state index contributed by atoms with van der Waals surface area (Å²) in [4.78, 5) is 20.3. The summed E-state index contributed by atoms with van der Waals surface area (Å²) in [6, 6.07) is 17.7. The minimum atomic E-state index is -0.107. The number of rotatable bonds is 8. The van der Waals surface area contributed by atoms with Crippen molar-refractivity contribution < 1.29 is 9.53 Å². The normalized spacial score (nSPS) is 16.4. The summed E-state index contributed by atoms with van der Waals surface area (Å²) in [5.41, 5.74) is 0.594. The van der Waals surface area contributed by atoms with E-state index in [9.17, 15) is 4.79 Å². The summed E-state index contributed by atoms with van der Waals surface area (Å²) in [7, 11) is 3.40. The third-order valence-electron chi connectivity index (χ3n) is 5.05. The Labute approximate surface area is 183 Å². The third-order valence-corrected chi connectivity index (χ3v) is 6.30. The fraction of sp³-hybridized carbons (Fsp3) is 0.391. The molecule has 0 saturated carbocycles. The average Bonchev–Trinajstić information content (AvgIpc) is 3.27. The minimum absolute atomic E-state index is 0.107. The van der Waals surface area contributed by atoms with E-state index in [-0.39, 0.29) is 5.91 Å². The van der Waals surface area contributed by atoms with Crippen molar-refractivity contribution in [2.45, 2.75) is 11.3 Å². The van der Waals surface area contributed by atoms with E-state index in [1.54, 1.807) is 19.2 Å². The molecular weight excluding hydrogens is 396 g/mol. The maximum absolute atomic E-state index is 12.3. The summed E-state index contributed by atoms with van der Waals surface area (Å²) in [6.07, 6.45) is 1.17. The third kappa shape index (κ3) is 6.42. The predicted octanol–water partition coefficient (Wildman–Crippen LogP) is 3.11. The molecule has 2 aromatic rings. The van der Waals surface area contributed by atoms with E-state index in [1.165, 1.54) is 11.3 Å². The van der Waals surface area contributed by atoms with Crippen molar-refractivity contribution in [3.8, 4) is 5.75 Å². The maximum Gasteiger partial charge on any atom is 0.251 e. The molecule has 1 saturated heterocycles. The standard InChI is InChI=1S/C23H30N4O2S/c1-24-23(26-13-12-25-22(28)19-7-6-8-20(15-19)29-2)27-14-11-18(16-27)17-30-21-9-4-3-5-10-21/h3-10,15,18H,11-14,16-17H2,1-2H3,(H,24,26)(H,25,28). The molecule has 0 radical (unpaired) electrons. The molecule has 0 bridgehead atoms. The van der Waals surface area contributed by atoms with Gasteiger partial charge in [-0.2, -0.15) is 0 Å². The maximum atomic E-state index is 12.3. The lowest BCUT2D eigenvalue weighted by Gasteiger charge is -2.21. The van der Waals surface area contributed by atoms with E-state index < -0.39 is 0 Å². The Balaban J connectivity index is 1.38. The zero-order valence-corrected chi connectivity index (χ0v) is 18.5. The number of amides is 1. The van der Waals surface area contributed by atoms with Crippen LogP contribution in [-0.4, -0.2) is 62.9 Å². The average molecular weight is 427 g/mol. The second kappa shape index (κ2) is 11.5. The highest BCUT2D eigenvalue weighted by Gasteiger charge is 2.24. The van der Waals surface area contributed by atoms with Gasteiger partial charge in [0, 0.05) is 49.4 Å². The number of nitrogens with zero attached hydrogens (tertiary/aromatic N) is 2. The van der Waals surface area contributed by atoms with Gasteiger partial charge in [-0.3, -0.25) is 9.79 Å². The zero-order chi connectivity index (χ0) is 21.2. The van der Waals surface area contributed by atoms with E-state index >= 15 is 0 Å². The highest BCUT2D eigenvalue weighted by Crippen LogP contribution is 2.25. The molecule has 1 aliphatic rings. The van der Waals surface area contributed by atoms with Crippen LogP contribution in [0.25, 0.3) is 0 Å². The Kier molecular flexibility index (Phi) is 8.44. The van der Waals surface area contributed by atoms with Crippen LogP contribution in [0.2, 0.25) is 0 Å². The van der Waals surface area contributed by atoms with Crippen LogP contribution in [-0.2, 0) is 0 Å². The topological polar surface area (TPSA) is 66.0 Å². The van der Waals surface area contributed by atoms with Crippen molar-refractivity contribution >= 4 is 23.6 Å². The van der Waals surface area contributed by atoms with Gasteiger partial charge in [0.2, 0.25) is 0 Å². The Hall–Kier alpha value is -2.67. The van der Waals surface area contributed by atoms with E-state index in [4.69, 9.17) is 4.74 Å². The first-order valence-electron chi connectivity index (χ1n) is 10.3. The van der Waals surface area contributed by atoms with Crippen molar-refractivity contribution in [1.82, 2.24) is 15.5 Å². The monoisotopic (exact) mass is 426 g/mol. The van der Waals surface area contributed by atoms with E-state index in [0.29, 0.717) is 30.3 Å². The molecule has 1 unspecified atom stereocenters. The fourth-order valence-electron chi connectivity index (χ4n) is 3.44. The number of ether oxygens (including phenoxy) is 1. The van der Waals surface area contributed by atoms with Crippen LogP contribution in [0.1, 0.15) is 16.8 Å². The van der Waals surface area contributed by atoms with Crippen LogP contribution in [0.4, 0.5) is 0 Å². The van der Waals surface area contributed by atoms with E-state index in [0.717, 1.165) is 24.8 Å². The lowest BCUT2D eigenvalue weighted by Crippen LogP contribution is -2.43. The Bertz CT molecular complexity index is 844. The van der Waals surface area contributed by atoms with Crippen molar-refractivity contribution in [3.63, 3.8) is 0 Å². The number of carbonyl (C=O) groups is 1. The lowest BCUT2D eigenvalue weighted by molar-refractivity contribution is 0.0954. The molecule has 2 aromatic carbocycles. The molecule has 160 valence electrons. The predicted molar refractivity (Wildman–Crippen MR) is 124 cm³/mol. The Morgan fingerprint density at radius 1 is 1.17 bits per heavy atom. The smallest absolute Gasteiger partial charge is 0.251 e. The molecule has 0 aliphatic carbocycles. The summed E-state index contributed by atoms with van der Waals surface area (Å²) in [5.74, 6) is 3.24. The molecule has 1 amide bonds. The molecule has 7 heteroatoms. The molecule has 1 aliphatic heterocycles. The van der Waals surface area contributed by atoms with Crippen LogP contribution in [0, 0.1) is 5.92 Å². The largest absolute Gasteiger partial charge is 0.497 e. The van der Waals surface area contributed by atoms with Crippen LogP contribution in [0.5, 0.6) is 5.75 Å². The minimum Gasteiger partial charge on any atom is -0.497 e. The number of nitrogens with one attached hydrogen (secondary N) is 2. The van der Waals surface area contributed by atoms with Gasteiger partial charge in [0.1, 0.15) is 5.75 Å². The molecule has 30 heavy (non-hydrogen) atoms. The molecule has 6 nitrogen and oxygen atoms in total. The van der Waals surface area contributed by atoms with Crippen molar-refractivity contribution in [3.05, 3.63) is 60.2 Å². The zero-order valence-electron chi connectivity index (χ0n) is 17.6. The number of benzene rings is 2. The van der Waals surface area contributed by atoms with Gasteiger partial charge in [-0.05, 0) is 42.7 Å². The van der Waals surface area contributed by atoms with Crippen molar-refractivity contribution in [1.29, 1.82) is 0 Å². The van der Waals surface area contributed by atoms with Crippen LogP contribution < -0.4 is 15.4 Å². The number of guanidine groups is 1. The number of hydrogen-bond acceptors (Lipinski definition) is 4. The van der Waals surface area contributed by atoms with Gasteiger partial charge in [-0.25, -0.2) is 0 Å². The first kappa shape index (κ1) is 22.0. The van der Waals surface area contributed by atoms with Gasteiger partial charge in [0.25, 0.3) is 5.91 Å². The molecule has 1 heterocycles.